The highest BCUT2D eigenvalue weighted by Gasteiger charge is 2.50. The number of nitrogens with zero attached hydrogens (tertiary/aromatic N) is 4. The molecule has 2 aromatic heterocycles. The number of hydrogen-bond acceptors (Lipinski definition) is 20. The van der Waals surface area contributed by atoms with Crippen LogP contribution in [0.3, 0.4) is 0 Å². The van der Waals surface area contributed by atoms with Crippen LogP contribution < -0.4 is 16.4 Å². The number of allylic oxidation sites excluding steroid dienone is 2. The number of carbonyl (C=O) groups is 4. The van der Waals surface area contributed by atoms with E-state index in [0.717, 1.165) is 35.4 Å². The second-order valence-corrected chi connectivity index (χ2v) is 21.3. The molecule has 2 amide bonds. The molecule has 11 N–H and O–H groups in total. The van der Waals surface area contributed by atoms with Crippen LogP contribution in [0.2, 0.25) is 0 Å². The lowest BCUT2D eigenvalue weighted by Gasteiger charge is -2.30. The second-order valence-electron chi connectivity index (χ2n) is 15.9. The van der Waals surface area contributed by atoms with Gasteiger partial charge in [0, 0.05) is 49.4 Å². The van der Waals surface area contributed by atoms with E-state index >= 15 is 0 Å². The first-order valence-corrected chi connectivity index (χ1v) is 25.7. The van der Waals surface area contributed by atoms with E-state index in [1.165, 1.54) is 13.8 Å². The average molecular weight is 1000 g/mol. The zero-order valence-electron chi connectivity index (χ0n) is 35.6. The van der Waals surface area contributed by atoms with E-state index in [2.05, 4.69) is 34.4 Å². The Kier molecular flexibility index (Phi) is 20.0. The fourth-order valence-corrected chi connectivity index (χ4v) is 10.5. The zero-order valence-corrected chi connectivity index (χ0v) is 39.1. The first kappa shape index (κ1) is 54.5. The molecule has 0 aromatic carbocycles. The molecular weight excluding hydrogens is 947 g/mol. The van der Waals surface area contributed by atoms with E-state index < -0.39 is 90.7 Å². The second kappa shape index (κ2) is 23.8. The third kappa shape index (κ3) is 16.6. The molecule has 26 nitrogen and oxygen atoms in total. The summed E-state index contributed by atoms with van der Waals surface area (Å²) in [5.74, 6) is -1.30. The number of phosphoric ester groups is 3. The largest absolute Gasteiger partial charge is 0.481 e. The minimum Gasteiger partial charge on any atom is -0.393 e. The smallest absolute Gasteiger partial charge is 0.393 e. The molecule has 0 radical (unpaired) electrons. The van der Waals surface area contributed by atoms with Crippen LogP contribution in [0.25, 0.3) is 11.2 Å². The normalized spacial score (nSPS) is 24.5. The van der Waals surface area contributed by atoms with Gasteiger partial charge in [0.1, 0.15) is 42.0 Å². The van der Waals surface area contributed by atoms with Crippen molar-refractivity contribution in [2.75, 3.05) is 37.8 Å². The fraction of sp³-hybridized carbons (Fsp3) is 0.686. The number of rotatable bonds is 26. The highest BCUT2D eigenvalue weighted by Crippen LogP contribution is 2.61. The van der Waals surface area contributed by atoms with Gasteiger partial charge in [-0.25, -0.2) is 28.6 Å². The molecule has 2 aromatic rings. The van der Waals surface area contributed by atoms with E-state index in [4.69, 9.17) is 19.5 Å². The number of aromatic nitrogens is 4. The number of Topliss-reactive ketones (excluding diaryl/α,β-unsaturated/α-hetero) is 1. The minimum atomic E-state index is -5.60. The van der Waals surface area contributed by atoms with Gasteiger partial charge in [-0.3, -0.25) is 37.3 Å². The van der Waals surface area contributed by atoms with Crippen molar-refractivity contribution in [2.24, 2.45) is 17.3 Å². The lowest BCUT2D eigenvalue weighted by molar-refractivity contribution is -0.137. The molecular formula is C35H56N7O19P3S. The monoisotopic (exact) mass is 1000 g/mol. The van der Waals surface area contributed by atoms with Crippen LogP contribution in [0.5, 0.6) is 0 Å². The number of aliphatic hydroxyl groups is 3. The summed E-state index contributed by atoms with van der Waals surface area (Å²) in [6.07, 6.45) is -1.10. The molecule has 1 saturated heterocycles. The molecule has 0 spiro atoms. The standard InChI is InChI=1S/C35H56N7O19P3S/c1-4-5-6-7-22-20(8-9-23(22)44)14-21(43)15-26(46)65-13-12-37-25(45)10-11-38-33(49)30(48)35(2,3)17-58-64(55,56)61-63(53,54)57-16-24-29(60-62(50,51)52)28(47)34(59-24)42-19-41-27-31(36)39-18-40-32(27)42/h5-6,18-22,24,28-30,34,43,47-48H,4,7-17H2,1-3H3,(H,37,45)(H,38,49)(H,53,54)(H,55,56)(H2,36,39,40)(H2,50,51,52)/b6-5-/t20-,21+,22-,24-,28-,29-,30+,34-/m1/s1. The van der Waals surface area contributed by atoms with Crippen LogP contribution in [-0.2, 0) is 55.5 Å². The van der Waals surface area contributed by atoms with E-state index in [-0.39, 0.29) is 71.4 Å². The van der Waals surface area contributed by atoms with Crippen LogP contribution in [-0.4, -0.2) is 140 Å². The van der Waals surface area contributed by atoms with Crippen molar-refractivity contribution in [2.45, 2.75) is 102 Å². The fourth-order valence-electron chi connectivity index (χ4n) is 6.97. The summed E-state index contributed by atoms with van der Waals surface area (Å²) in [7, 11) is -16.5. The number of phosphoric acid groups is 3. The lowest BCUT2D eigenvalue weighted by Crippen LogP contribution is -2.46. The Hall–Kier alpha value is -3.07. The molecule has 2 fully saturated rings. The molecule has 4 rings (SSSR count). The summed E-state index contributed by atoms with van der Waals surface area (Å²) in [6, 6.07) is 0. The van der Waals surface area contributed by atoms with Gasteiger partial charge in [-0.05, 0) is 31.6 Å². The molecule has 366 valence electrons. The highest BCUT2D eigenvalue weighted by molar-refractivity contribution is 8.13. The maximum absolute atomic E-state index is 12.7. The van der Waals surface area contributed by atoms with Crippen molar-refractivity contribution in [3.63, 3.8) is 0 Å². The van der Waals surface area contributed by atoms with Gasteiger partial charge in [-0.1, -0.05) is 44.7 Å². The van der Waals surface area contributed by atoms with Gasteiger partial charge in [0.05, 0.1) is 25.6 Å². The molecule has 3 heterocycles. The SMILES string of the molecule is CC/C=C\C[C@H]1C(=O)CC[C@@H]1C[C@H](O)CC(=O)SCCNC(=O)CCNC(=O)[C@H](O)C(C)(C)COP(=O)(O)OP(=O)(O)OC[C@H]1O[C@@H](n2cnc3c(N)ncnc32)[C@H](O)[C@@H]1OP(=O)(O)O. The maximum Gasteiger partial charge on any atom is 0.481 e. The predicted octanol–water partition coefficient (Wildman–Crippen LogP) is 0.757. The molecule has 65 heavy (non-hydrogen) atoms. The number of carbonyl (C=O) groups excluding carboxylic acids is 4. The van der Waals surface area contributed by atoms with Gasteiger partial charge in [-0.15, -0.1) is 0 Å². The quantitative estimate of drug-likeness (QED) is 0.0353. The average Bonchev–Trinajstić information content (AvgIpc) is 3.88. The Morgan fingerprint density at radius 3 is 2.46 bits per heavy atom. The number of nitrogens with two attached hydrogens (primary N) is 1. The zero-order chi connectivity index (χ0) is 48.3. The van der Waals surface area contributed by atoms with Crippen molar-refractivity contribution in [1.29, 1.82) is 0 Å². The van der Waals surface area contributed by atoms with Crippen LogP contribution in [0.15, 0.2) is 24.8 Å². The number of nitrogen functional groups attached to an aromatic ring is 1. The number of aliphatic hydroxyl groups excluding tert-OH is 3. The van der Waals surface area contributed by atoms with Gasteiger partial charge in [-0.2, -0.15) is 4.31 Å². The van der Waals surface area contributed by atoms with E-state index in [1.54, 1.807) is 0 Å². The molecule has 2 unspecified atom stereocenters. The van der Waals surface area contributed by atoms with Crippen molar-refractivity contribution in [1.82, 2.24) is 30.2 Å². The predicted molar refractivity (Wildman–Crippen MR) is 228 cm³/mol. The molecule has 1 aliphatic heterocycles. The van der Waals surface area contributed by atoms with E-state index in [0.29, 0.717) is 25.7 Å². The first-order chi connectivity index (χ1) is 30.3. The minimum absolute atomic E-state index is 0.0134. The van der Waals surface area contributed by atoms with Crippen molar-refractivity contribution in [3.8, 4) is 0 Å². The number of amides is 2. The summed E-state index contributed by atoms with van der Waals surface area (Å²) >= 11 is 0.937. The van der Waals surface area contributed by atoms with Gasteiger partial charge in [0.2, 0.25) is 11.8 Å². The highest BCUT2D eigenvalue weighted by atomic mass is 32.2. The maximum atomic E-state index is 12.7. The number of anilines is 1. The Bertz CT molecular complexity index is 2160. The third-order valence-corrected chi connectivity index (χ3v) is 14.3. The van der Waals surface area contributed by atoms with Gasteiger partial charge in [0.25, 0.3) is 0 Å². The van der Waals surface area contributed by atoms with Gasteiger partial charge in [0.15, 0.2) is 22.8 Å². The number of thioether (sulfide) groups is 1. The number of hydrogen-bond donors (Lipinski definition) is 10. The summed E-state index contributed by atoms with van der Waals surface area (Å²) in [5.41, 5.74) is 4.22. The molecule has 1 aliphatic carbocycles. The lowest BCUT2D eigenvalue weighted by atomic mass is 9.87. The van der Waals surface area contributed by atoms with E-state index in [9.17, 15) is 67.8 Å². The number of ether oxygens (including phenoxy) is 1. The molecule has 0 bridgehead atoms. The summed E-state index contributed by atoms with van der Waals surface area (Å²) in [4.78, 5) is 101. The number of fused-ring (bicyclic) bond motifs is 1. The summed E-state index contributed by atoms with van der Waals surface area (Å²) < 4.78 is 62.3. The van der Waals surface area contributed by atoms with Crippen molar-refractivity contribution in [3.05, 3.63) is 24.8 Å². The van der Waals surface area contributed by atoms with Crippen LogP contribution in [0, 0.1) is 17.3 Å². The number of imidazole rings is 1. The molecule has 30 heteroatoms. The number of ketones is 1. The van der Waals surface area contributed by atoms with Crippen molar-refractivity contribution >= 4 is 74.9 Å². The molecule has 2 aliphatic rings. The topological polar surface area (TPSA) is 401 Å². The van der Waals surface area contributed by atoms with Crippen LogP contribution >= 0.6 is 35.2 Å². The first-order valence-electron chi connectivity index (χ1n) is 20.2. The van der Waals surface area contributed by atoms with Crippen LogP contribution in [0.4, 0.5) is 5.82 Å². The Labute approximate surface area is 376 Å². The van der Waals surface area contributed by atoms with Gasteiger partial charge >= 0.3 is 23.5 Å². The van der Waals surface area contributed by atoms with Gasteiger partial charge < -0.3 is 56.0 Å². The third-order valence-electron chi connectivity index (χ3n) is 10.3. The Morgan fingerprint density at radius 1 is 1.06 bits per heavy atom. The summed E-state index contributed by atoms with van der Waals surface area (Å²) in [5, 5.41) is 36.7. The number of nitrogens with one attached hydrogen (secondary N) is 2. The summed E-state index contributed by atoms with van der Waals surface area (Å²) in [6.45, 7) is 2.27. The Morgan fingerprint density at radius 2 is 1.77 bits per heavy atom. The Balaban J connectivity index is 1.16. The van der Waals surface area contributed by atoms with Crippen molar-refractivity contribution < 1.29 is 90.4 Å². The molecule has 1 saturated carbocycles. The van der Waals surface area contributed by atoms with Crippen LogP contribution in [0.1, 0.15) is 71.9 Å². The molecule has 10 atom stereocenters. The van der Waals surface area contributed by atoms with E-state index in [1.807, 2.05) is 19.1 Å².